The highest BCUT2D eigenvalue weighted by molar-refractivity contribution is 7.99. The average molecular weight is 419 g/mol. The fourth-order valence-corrected chi connectivity index (χ4v) is 3.35. The van der Waals surface area contributed by atoms with Gasteiger partial charge in [-0.05, 0) is 48.5 Å². The maximum absolute atomic E-state index is 13.4. The van der Waals surface area contributed by atoms with E-state index in [1.807, 2.05) is 0 Å². The molecular weight excluding hydrogens is 404 g/mol. The Hall–Kier alpha value is -3.34. The summed E-state index contributed by atoms with van der Waals surface area (Å²) in [5.74, 6) is -2.59. The van der Waals surface area contributed by atoms with Crippen molar-refractivity contribution in [2.45, 2.75) is 23.0 Å². The number of aromatic nitrogens is 3. The van der Waals surface area contributed by atoms with Gasteiger partial charge in [0.1, 0.15) is 6.33 Å². The molecule has 3 aromatic rings. The second-order valence-electron chi connectivity index (χ2n) is 6.13. The topological polar surface area (TPSA) is 103 Å². The minimum absolute atomic E-state index is 0.0634. The van der Waals surface area contributed by atoms with E-state index in [-0.39, 0.29) is 11.3 Å². The quantitative estimate of drug-likeness (QED) is 0.483. The lowest BCUT2D eigenvalue weighted by atomic mass is 10.1. The molecule has 0 radical (unpaired) electrons. The molecule has 11 heteroatoms. The van der Waals surface area contributed by atoms with Gasteiger partial charge in [0.2, 0.25) is 0 Å². The largest absolute Gasteiger partial charge is 0.346 e. The van der Waals surface area contributed by atoms with E-state index in [1.165, 1.54) is 24.5 Å². The molecule has 0 bridgehead atoms. The summed E-state index contributed by atoms with van der Waals surface area (Å²) in [6, 6.07) is 6.73. The average Bonchev–Trinajstić information content (AvgIpc) is 3.08. The van der Waals surface area contributed by atoms with Crippen molar-refractivity contribution in [3.05, 3.63) is 75.6 Å². The van der Waals surface area contributed by atoms with E-state index in [2.05, 4.69) is 15.5 Å². The Morgan fingerprint density at radius 3 is 2.62 bits per heavy atom. The zero-order valence-electron chi connectivity index (χ0n) is 15.3. The molecule has 1 amide bonds. The number of nitro benzene ring substituents is 1. The fraction of sp³-hybridized carbons (Fsp3) is 0.167. The van der Waals surface area contributed by atoms with Gasteiger partial charge in [-0.1, -0.05) is 6.07 Å². The molecule has 150 valence electrons. The summed E-state index contributed by atoms with van der Waals surface area (Å²) in [5.41, 5.74) is 0.167. The minimum atomic E-state index is -1.02. The summed E-state index contributed by atoms with van der Waals surface area (Å²) in [6.07, 6.45) is 1.47. The molecule has 0 aliphatic heterocycles. The maximum Gasteiger partial charge on any atom is 0.284 e. The van der Waals surface area contributed by atoms with E-state index in [0.717, 1.165) is 30.0 Å². The second-order valence-corrected chi connectivity index (χ2v) is 7.14. The third-order valence-electron chi connectivity index (χ3n) is 4.08. The Bertz CT molecular complexity index is 1090. The Morgan fingerprint density at radius 1 is 1.24 bits per heavy atom. The van der Waals surface area contributed by atoms with Crippen LogP contribution in [0, 0.1) is 21.7 Å². The highest BCUT2D eigenvalue weighted by atomic mass is 32.2. The van der Waals surface area contributed by atoms with Crippen LogP contribution in [0.2, 0.25) is 0 Å². The van der Waals surface area contributed by atoms with Crippen LogP contribution in [0.25, 0.3) is 0 Å². The number of carbonyl (C=O) groups is 1. The first-order valence-corrected chi connectivity index (χ1v) is 9.14. The number of amides is 1. The van der Waals surface area contributed by atoms with Crippen molar-refractivity contribution in [2.75, 3.05) is 0 Å². The summed E-state index contributed by atoms with van der Waals surface area (Å²) in [7, 11) is 1.70. The van der Waals surface area contributed by atoms with Crippen LogP contribution in [-0.4, -0.2) is 25.6 Å². The first-order chi connectivity index (χ1) is 13.8. The fourth-order valence-electron chi connectivity index (χ4n) is 2.50. The molecule has 1 atom stereocenters. The summed E-state index contributed by atoms with van der Waals surface area (Å²) >= 11 is 1.05. The predicted octanol–water partition coefficient (Wildman–Crippen LogP) is 3.64. The highest BCUT2D eigenvalue weighted by Gasteiger charge is 2.21. The van der Waals surface area contributed by atoms with Crippen LogP contribution in [0.5, 0.6) is 0 Å². The van der Waals surface area contributed by atoms with Crippen LogP contribution < -0.4 is 5.32 Å². The van der Waals surface area contributed by atoms with E-state index in [4.69, 9.17) is 0 Å². The predicted molar refractivity (Wildman–Crippen MR) is 100 cm³/mol. The van der Waals surface area contributed by atoms with Gasteiger partial charge in [-0.25, -0.2) is 8.78 Å². The Balaban J connectivity index is 1.81. The molecule has 0 aliphatic carbocycles. The van der Waals surface area contributed by atoms with Gasteiger partial charge < -0.3 is 9.88 Å². The van der Waals surface area contributed by atoms with Crippen molar-refractivity contribution in [1.29, 1.82) is 0 Å². The van der Waals surface area contributed by atoms with E-state index < -0.39 is 28.5 Å². The number of hydrogen-bond donors (Lipinski definition) is 1. The number of halogens is 2. The SMILES string of the molecule is CC(NC(=O)c1ccc(Sc2nncn2C)c([N+](=O)[O-])c1)c1ccc(F)c(F)c1. The molecule has 2 aromatic carbocycles. The second kappa shape index (κ2) is 8.35. The first kappa shape index (κ1) is 20.4. The van der Waals surface area contributed by atoms with Gasteiger partial charge in [-0.3, -0.25) is 14.9 Å². The summed E-state index contributed by atoms with van der Waals surface area (Å²) < 4.78 is 28.1. The lowest BCUT2D eigenvalue weighted by molar-refractivity contribution is -0.387. The van der Waals surface area contributed by atoms with E-state index in [9.17, 15) is 23.7 Å². The van der Waals surface area contributed by atoms with Crippen molar-refractivity contribution in [2.24, 2.45) is 7.05 Å². The number of nitro groups is 1. The van der Waals surface area contributed by atoms with Crippen LogP contribution >= 0.6 is 11.8 Å². The lowest BCUT2D eigenvalue weighted by Crippen LogP contribution is -2.26. The van der Waals surface area contributed by atoms with Crippen molar-refractivity contribution in [1.82, 2.24) is 20.1 Å². The van der Waals surface area contributed by atoms with Crippen molar-refractivity contribution >= 4 is 23.4 Å². The lowest BCUT2D eigenvalue weighted by Gasteiger charge is -2.15. The number of aryl methyl sites for hydroxylation is 1. The van der Waals surface area contributed by atoms with Gasteiger partial charge >= 0.3 is 0 Å². The number of nitrogens with one attached hydrogen (secondary N) is 1. The standard InChI is InChI=1S/C18H15F2N5O3S/c1-10(11-3-5-13(19)14(20)7-11)22-17(26)12-4-6-16(15(8-12)25(27)28)29-18-23-21-9-24(18)2/h3-10H,1-2H3,(H,22,26). The van der Waals surface area contributed by atoms with Gasteiger partial charge in [0.05, 0.1) is 15.9 Å². The first-order valence-electron chi connectivity index (χ1n) is 8.32. The van der Waals surface area contributed by atoms with Gasteiger partial charge in [0.25, 0.3) is 11.6 Å². The molecule has 1 N–H and O–H groups in total. The molecule has 0 saturated carbocycles. The molecule has 1 aromatic heterocycles. The third kappa shape index (κ3) is 4.57. The minimum Gasteiger partial charge on any atom is -0.346 e. The summed E-state index contributed by atoms with van der Waals surface area (Å²) in [6.45, 7) is 1.59. The van der Waals surface area contributed by atoms with E-state index in [1.54, 1.807) is 18.5 Å². The van der Waals surface area contributed by atoms with Gasteiger partial charge in [0.15, 0.2) is 16.8 Å². The van der Waals surface area contributed by atoms with Crippen LogP contribution in [0.3, 0.4) is 0 Å². The zero-order chi connectivity index (χ0) is 21.1. The van der Waals surface area contributed by atoms with Crippen molar-refractivity contribution in [3.63, 3.8) is 0 Å². The van der Waals surface area contributed by atoms with Crippen molar-refractivity contribution in [3.8, 4) is 0 Å². The monoisotopic (exact) mass is 419 g/mol. The maximum atomic E-state index is 13.4. The number of hydrogen-bond acceptors (Lipinski definition) is 6. The summed E-state index contributed by atoms with van der Waals surface area (Å²) in [5, 5.41) is 22.1. The molecule has 1 heterocycles. The molecule has 0 fully saturated rings. The number of carbonyl (C=O) groups excluding carboxylic acids is 1. The molecular formula is C18H15F2N5O3S. The smallest absolute Gasteiger partial charge is 0.284 e. The molecule has 1 unspecified atom stereocenters. The Morgan fingerprint density at radius 2 is 2.00 bits per heavy atom. The normalized spacial score (nSPS) is 11.9. The molecule has 3 rings (SSSR count). The molecule has 29 heavy (non-hydrogen) atoms. The van der Waals surface area contributed by atoms with Crippen LogP contribution in [0.1, 0.15) is 28.9 Å². The zero-order valence-corrected chi connectivity index (χ0v) is 16.1. The molecule has 0 aliphatic rings. The highest BCUT2D eigenvalue weighted by Crippen LogP contribution is 2.34. The van der Waals surface area contributed by atoms with Crippen LogP contribution in [0.15, 0.2) is 52.8 Å². The number of rotatable bonds is 6. The third-order valence-corrected chi connectivity index (χ3v) is 5.20. The number of nitrogens with zero attached hydrogens (tertiary/aromatic N) is 4. The molecule has 8 nitrogen and oxygen atoms in total. The number of benzene rings is 2. The van der Waals surface area contributed by atoms with E-state index in [0.29, 0.717) is 15.6 Å². The van der Waals surface area contributed by atoms with Crippen LogP contribution in [-0.2, 0) is 7.05 Å². The molecule has 0 spiro atoms. The van der Waals surface area contributed by atoms with Crippen molar-refractivity contribution < 1.29 is 18.5 Å². The Kier molecular flexibility index (Phi) is 5.87. The van der Waals surface area contributed by atoms with Crippen LogP contribution in [0.4, 0.5) is 14.5 Å². The van der Waals surface area contributed by atoms with Gasteiger partial charge in [0, 0.05) is 18.7 Å². The summed E-state index contributed by atoms with van der Waals surface area (Å²) in [4.78, 5) is 23.7. The van der Waals surface area contributed by atoms with Gasteiger partial charge in [-0.2, -0.15) is 0 Å². The van der Waals surface area contributed by atoms with Gasteiger partial charge in [-0.15, -0.1) is 10.2 Å². The Labute approximate surface area is 168 Å². The van der Waals surface area contributed by atoms with E-state index >= 15 is 0 Å². The molecule has 0 saturated heterocycles.